The van der Waals surface area contributed by atoms with E-state index in [1.165, 1.54) is 25.3 Å². The number of nitro groups is 1. The molecule has 104 valence electrons. The highest BCUT2D eigenvalue weighted by Gasteiger charge is 2.12. The van der Waals surface area contributed by atoms with Crippen LogP contribution in [0.5, 0.6) is 5.75 Å². The molecule has 0 fully saturated rings. The van der Waals surface area contributed by atoms with E-state index in [1.807, 2.05) is 22.6 Å². The summed E-state index contributed by atoms with van der Waals surface area (Å²) in [6.45, 7) is 0. The molecule has 1 N–H and O–H groups in total. The minimum atomic E-state index is -0.440. The van der Waals surface area contributed by atoms with E-state index in [4.69, 9.17) is 4.74 Å². The summed E-state index contributed by atoms with van der Waals surface area (Å²) in [5.41, 5.74) is 1.28. The molecule has 0 spiro atoms. The molecule has 0 amide bonds. The summed E-state index contributed by atoms with van der Waals surface area (Å²) in [7, 11) is 1.44. The van der Waals surface area contributed by atoms with Crippen molar-refractivity contribution < 1.29 is 14.1 Å². The monoisotopic (exact) mass is 388 g/mol. The zero-order chi connectivity index (χ0) is 14.7. The molecular weight excluding hydrogens is 378 g/mol. The second-order valence-electron chi connectivity index (χ2n) is 3.89. The Morgan fingerprint density at radius 2 is 2.05 bits per heavy atom. The van der Waals surface area contributed by atoms with E-state index in [0.717, 1.165) is 0 Å². The van der Waals surface area contributed by atoms with E-state index >= 15 is 0 Å². The number of anilines is 2. The van der Waals surface area contributed by atoms with Gasteiger partial charge >= 0.3 is 0 Å². The SMILES string of the molecule is COc1cc(F)ccc1Nc1ccc([N+](=O)[O-])c(I)c1. The second-order valence-corrected chi connectivity index (χ2v) is 5.06. The number of methoxy groups -OCH3 is 1. The first kappa shape index (κ1) is 14.5. The molecule has 0 saturated heterocycles. The standard InChI is InChI=1S/C13H10FIN2O3/c1-20-13-6-8(14)2-4-11(13)16-9-3-5-12(17(18)19)10(15)7-9/h2-7,16H,1H3. The molecule has 0 aliphatic heterocycles. The van der Waals surface area contributed by atoms with Crippen LogP contribution < -0.4 is 10.1 Å². The molecule has 0 atom stereocenters. The highest BCUT2D eigenvalue weighted by Crippen LogP contribution is 2.30. The van der Waals surface area contributed by atoms with Gasteiger partial charge in [0.1, 0.15) is 11.6 Å². The van der Waals surface area contributed by atoms with Gasteiger partial charge in [0.15, 0.2) is 0 Å². The van der Waals surface area contributed by atoms with Crippen LogP contribution in [0.15, 0.2) is 36.4 Å². The van der Waals surface area contributed by atoms with Crippen molar-refractivity contribution in [2.75, 3.05) is 12.4 Å². The fourth-order valence-electron chi connectivity index (χ4n) is 1.66. The topological polar surface area (TPSA) is 64.4 Å². The third-order valence-electron chi connectivity index (χ3n) is 2.59. The molecule has 0 radical (unpaired) electrons. The quantitative estimate of drug-likeness (QED) is 0.487. The van der Waals surface area contributed by atoms with Gasteiger partial charge in [-0.15, -0.1) is 0 Å². The zero-order valence-electron chi connectivity index (χ0n) is 10.4. The zero-order valence-corrected chi connectivity index (χ0v) is 12.5. The fourth-order valence-corrected chi connectivity index (χ4v) is 2.37. The molecule has 5 nitrogen and oxygen atoms in total. The highest BCUT2D eigenvalue weighted by atomic mass is 127. The molecule has 2 rings (SSSR count). The van der Waals surface area contributed by atoms with Crippen LogP contribution in [0.1, 0.15) is 0 Å². The average molecular weight is 388 g/mol. The number of hydrogen-bond acceptors (Lipinski definition) is 4. The molecule has 0 unspecified atom stereocenters. The van der Waals surface area contributed by atoms with E-state index in [-0.39, 0.29) is 5.69 Å². The van der Waals surface area contributed by atoms with Gasteiger partial charge in [0.25, 0.3) is 5.69 Å². The van der Waals surface area contributed by atoms with Crippen LogP contribution >= 0.6 is 22.6 Å². The molecular formula is C13H10FIN2O3. The predicted octanol–water partition coefficient (Wildman–Crippen LogP) is 4.09. The first-order valence-electron chi connectivity index (χ1n) is 5.56. The summed E-state index contributed by atoms with van der Waals surface area (Å²) >= 11 is 1.89. The van der Waals surface area contributed by atoms with Crippen molar-refractivity contribution in [3.8, 4) is 5.75 Å². The average Bonchev–Trinajstić information content (AvgIpc) is 2.40. The lowest BCUT2D eigenvalue weighted by Gasteiger charge is -2.11. The van der Waals surface area contributed by atoms with Crippen LogP contribution in [-0.4, -0.2) is 12.0 Å². The first-order chi connectivity index (χ1) is 9.51. The van der Waals surface area contributed by atoms with Gasteiger partial charge in [0, 0.05) is 17.8 Å². The van der Waals surface area contributed by atoms with Crippen molar-refractivity contribution in [3.05, 3.63) is 55.9 Å². The molecule has 2 aromatic rings. The lowest BCUT2D eigenvalue weighted by molar-refractivity contribution is -0.385. The number of rotatable bonds is 4. The van der Waals surface area contributed by atoms with Gasteiger partial charge in [-0.2, -0.15) is 0 Å². The molecule has 0 aliphatic rings. The second kappa shape index (κ2) is 6.04. The summed E-state index contributed by atoms with van der Waals surface area (Å²) in [5, 5.41) is 13.8. The van der Waals surface area contributed by atoms with Gasteiger partial charge in [-0.05, 0) is 46.9 Å². The van der Waals surface area contributed by atoms with E-state index in [2.05, 4.69) is 5.32 Å². The fraction of sp³-hybridized carbons (Fsp3) is 0.0769. The van der Waals surface area contributed by atoms with Gasteiger partial charge in [-0.3, -0.25) is 10.1 Å². The normalized spacial score (nSPS) is 10.2. The summed E-state index contributed by atoms with van der Waals surface area (Å²) < 4.78 is 18.7. The number of nitrogens with one attached hydrogen (secondary N) is 1. The van der Waals surface area contributed by atoms with E-state index < -0.39 is 10.7 Å². The summed E-state index contributed by atoms with van der Waals surface area (Å²) in [4.78, 5) is 10.3. The molecule has 0 saturated carbocycles. The third kappa shape index (κ3) is 3.16. The Kier molecular flexibility index (Phi) is 4.38. The molecule has 20 heavy (non-hydrogen) atoms. The summed E-state index contributed by atoms with van der Waals surface area (Å²) in [6, 6.07) is 8.76. The minimum absolute atomic E-state index is 0.0437. The number of ether oxygens (including phenoxy) is 1. The molecule has 2 aromatic carbocycles. The minimum Gasteiger partial charge on any atom is -0.494 e. The van der Waals surface area contributed by atoms with Crippen LogP contribution in [0.3, 0.4) is 0 Å². The van der Waals surface area contributed by atoms with Crippen LogP contribution in [0.25, 0.3) is 0 Å². The van der Waals surface area contributed by atoms with E-state index in [1.54, 1.807) is 18.2 Å². The van der Waals surface area contributed by atoms with Crippen LogP contribution in [0.2, 0.25) is 0 Å². The Balaban J connectivity index is 2.31. The van der Waals surface area contributed by atoms with Crippen molar-refractivity contribution in [3.63, 3.8) is 0 Å². The summed E-state index contributed by atoms with van der Waals surface area (Å²) in [6.07, 6.45) is 0. The lowest BCUT2D eigenvalue weighted by atomic mass is 10.2. The largest absolute Gasteiger partial charge is 0.494 e. The van der Waals surface area contributed by atoms with Crippen molar-refractivity contribution in [1.82, 2.24) is 0 Å². The van der Waals surface area contributed by atoms with Gasteiger partial charge in [0.05, 0.1) is 21.3 Å². The van der Waals surface area contributed by atoms with Gasteiger partial charge in [0.2, 0.25) is 0 Å². The maximum absolute atomic E-state index is 13.1. The Hall–Kier alpha value is -1.90. The van der Waals surface area contributed by atoms with Crippen LogP contribution in [0, 0.1) is 19.5 Å². The van der Waals surface area contributed by atoms with Crippen molar-refractivity contribution in [2.45, 2.75) is 0 Å². The lowest BCUT2D eigenvalue weighted by Crippen LogP contribution is -1.97. The number of hydrogen-bond donors (Lipinski definition) is 1. The number of nitro benzene ring substituents is 1. The van der Waals surface area contributed by atoms with Crippen molar-refractivity contribution >= 4 is 39.7 Å². The molecule has 0 aliphatic carbocycles. The maximum Gasteiger partial charge on any atom is 0.282 e. The third-order valence-corrected chi connectivity index (χ3v) is 3.45. The van der Waals surface area contributed by atoms with Crippen LogP contribution in [0.4, 0.5) is 21.5 Å². The van der Waals surface area contributed by atoms with Crippen LogP contribution in [-0.2, 0) is 0 Å². The van der Waals surface area contributed by atoms with Gasteiger partial charge in [-0.25, -0.2) is 4.39 Å². The summed E-state index contributed by atoms with van der Waals surface area (Å²) in [5.74, 6) is -0.0379. The van der Waals surface area contributed by atoms with E-state index in [9.17, 15) is 14.5 Å². The number of halogens is 2. The smallest absolute Gasteiger partial charge is 0.282 e. The van der Waals surface area contributed by atoms with Crippen molar-refractivity contribution in [2.24, 2.45) is 0 Å². The van der Waals surface area contributed by atoms with Gasteiger partial charge in [-0.1, -0.05) is 0 Å². The van der Waals surface area contributed by atoms with E-state index in [0.29, 0.717) is 20.7 Å². The number of nitrogens with zero attached hydrogens (tertiary/aromatic N) is 1. The Morgan fingerprint density at radius 1 is 1.30 bits per heavy atom. The Labute approximate surface area is 128 Å². The Morgan fingerprint density at radius 3 is 2.65 bits per heavy atom. The maximum atomic E-state index is 13.1. The molecule has 0 heterocycles. The van der Waals surface area contributed by atoms with Crippen molar-refractivity contribution in [1.29, 1.82) is 0 Å². The number of benzene rings is 2. The first-order valence-corrected chi connectivity index (χ1v) is 6.63. The molecule has 0 aromatic heterocycles. The van der Waals surface area contributed by atoms with Gasteiger partial charge < -0.3 is 10.1 Å². The Bertz CT molecular complexity index is 664. The highest BCUT2D eigenvalue weighted by molar-refractivity contribution is 14.1. The molecule has 7 heteroatoms. The predicted molar refractivity (Wildman–Crippen MR) is 82.0 cm³/mol. The molecule has 0 bridgehead atoms.